The number of nitrogens with zero attached hydrogens (tertiary/aromatic N) is 2. The van der Waals surface area contributed by atoms with E-state index in [0.717, 1.165) is 58.3 Å². The van der Waals surface area contributed by atoms with Crippen LogP contribution in [0.1, 0.15) is 19.8 Å². The molecule has 2 rings (SSSR count). The first-order chi connectivity index (χ1) is 9.74. The SMILES string of the molecule is CCOC1CC(CNC(=NC)NC)(N2CCOCC2)C1. The van der Waals surface area contributed by atoms with Crippen molar-refractivity contribution in [1.82, 2.24) is 15.5 Å². The minimum atomic E-state index is 0.191. The smallest absolute Gasteiger partial charge is 0.190 e. The van der Waals surface area contributed by atoms with Crippen molar-refractivity contribution in [2.24, 2.45) is 4.99 Å². The first-order valence-corrected chi connectivity index (χ1v) is 7.57. The third-order valence-corrected chi connectivity index (χ3v) is 4.34. The zero-order valence-electron chi connectivity index (χ0n) is 12.9. The molecule has 1 saturated heterocycles. The minimum Gasteiger partial charge on any atom is -0.379 e. The highest BCUT2D eigenvalue weighted by molar-refractivity contribution is 5.79. The Hall–Kier alpha value is -0.850. The Bertz CT molecular complexity index is 323. The maximum atomic E-state index is 5.75. The average molecular weight is 284 g/mol. The maximum Gasteiger partial charge on any atom is 0.190 e. The molecular formula is C14H28N4O2. The van der Waals surface area contributed by atoms with Gasteiger partial charge in [0.1, 0.15) is 0 Å². The lowest BCUT2D eigenvalue weighted by atomic mass is 9.72. The van der Waals surface area contributed by atoms with E-state index in [0.29, 0.717) is 6.10 Å². The van der Waals surface area contributed by atoms with E-state index in [4.69, 9.17) is 9.47 Å². The number of nitrogens with one attached hydrogen (secondary N) is 2. The first-order valence-electron chi connectivity index (χ1n) is 7.57. The second kappa shape index (κ2) is 7.24. The van der Waals surface area contributed by atoms with Crippen LogP contribution in [0.5, 0.6) is 0 Å². The molecular weight excluding hydrogens is 256 g/mol. The number of guanidine groups is 1. The quantitative estimate of drug-likeness (QED) is 0.552. The molecule has 20 heavy (non-hydrogen) atoms. The molecule has 1 saturated carbocycles. The molecule has 0 bridgehead atoms. The van der Waals surface area contributed by atoms with E-state index in [1.54, 1.807) is 7.05 Å². The van der Waals surface area contributed by atoms with E-state index < -0.39 is 0 Å². The van der Waals surface area contributed by atoms with Gasteiger partial charge in [-0.2, -0.15) is 0 Å². The molecule has 2 aliphatic rings. The molecule has 6 heteroatoms. The van der Waals surface area contributed by atoms with Crippen molar-refractivity contribution in [2.75, 3.05) is 53.6 Å². The number of rotatable bonds is 5. The van der Waals surface area contributed by atoms with Crippen molar-refractivity contribution < 1.29 is 9.47 Å². The van der Waals surface area contributed by atoms with Crippen LogP contribution in [0.3, 0.4) is 0 Å². The summed E-state index contributed by atoms with van der Waals surface area (Å²) in [5.41, 5.74) is 0.191. The molecule has 116 valence electrons. The van der Waals surface area contributed by atoms with E-state index in [9.17, 15) is 0 Å². The molecule has 0 aromatic heterocycles. The standard InChI is InChI=1S/C14H28N4O2/c1-4-20-12-9-14(10-12,11-17-13(15-2)16-3)18-5-7-19-8-6-18/h12H,4-11H2,1-3H3,(H2,15,16,17). The fraction of sp³-hybridized carbons (Fsp3) is 0.929. The minimum absolute atomic E-state index is 0.191. The van der Waals surface area contributed by atoms with Gasteiger partial charge in [0, 0.05) is 45.9 Å². The van der Waals surface area contributed by atoms with Gasteiger partial charge in [-0.05, 0) is 19.8 Å². The van der Waals surface area contributed by atoms with Gasteiger partial charge < -0.3 is 20.1 Å². The Labute approximate surface area is 121 Å². The van der Waals surface area contributed by atoms with E-state index in [2.05, 4.69) is 27.4 Å². The highest BCUT2D eigenvalue weighted by atomic mass is 16.5. The number of hydrogen-bond donors (Lipinski definition) is 2. The van der Waals surface area contributed by atoms with Gasteiger partial charge in [0.05, 0.1) is 19.3 Å². The lowest BCUT2D eigenvalue weighted by molar-refractivity contribution is -0.124. The van der Waals surface area contributed by atoms with Crippen molar-refractivity contribution in [1.29, 1.82) is 0 Å². The lowest BCUT2D eigenvalue weighted by Crippen LogP contribution is -2.67. The van der Waals surface area contributed by atoms with Crippen LogP contribution in [-0.4, -0.2) is 76.1 Å². The summed E-state index contributed by atoms with van der Waals surface area (Å²) in [5, 5.41) is 6.50. The van der Waals surface area contributed by atoms with E-state index in [1.807, 2.05) is 7.05 Å². The summed E-state index contributed by atoms with van der Waals surface area (Å²) in [4.78, 5) is 6.75. The van der Waals surface area contributed by atoms with Crippen molar-refractivity contribution in [2.45, 2.75) is 31.4 Å². The highest BCUT2D eigenvalue weighted by Crippen LogP contribution is 2.39. The van der Waals surface area contributed by atoms with Gasteiger partial charge in [-0.25, -0.2) is 0 Å². The van der Waals surface area contributed by atoms with Crippen molar-refractivity contribution in [3.05, 3.63) is 0 Å². The number of morpholine rings is 1. The Morgan fingerprint density at radius 1 is 1.40 bits per heavy atom. The van der Waals surface area contributed by atoms with Crippen LogP contribution < -0.4 is 10.6 Å². The summed E-state index contributed by atoms with van der Waals surface area (Å²) in [7, 11) is 3.69. The molecule has 1 aliphatic carbocycles. The topological polar surface area (TPSA) is 58.1 Å². The van der Waals surface area contributed by atoms with E-state index >= 15 is 0 Å². The molecule has 0 aromatic carbocycles. The molecule has 1 heterocycles. The Morgan fingerprint density at radius 3 is 2.65 bits per heavy atom. The maximum absolute atomic E-state index is 5.75. The fourth-order valence-electron chi connectivity index (χ4n) is 3.22. The monoisotopic (exact) mass is 284 g/mol. The number of ether oxygens (including phenoxy) is 2. The zero-order chi connectivity index (χ0) is 14.4. The molecule has 1 aliphatic heterocycles. The molecule has 0 amide bonds. The second-order valence-electron chi connectivity index (χ2n) is 5.49. The fourth-order valence-corrected chi connectivity index (χ4v) is 3.22. The van der Waals surface area contributed by atoms with Crippen LogP contribution >= 0.6 is 0 Å². The molecule has 6 nitrogen and oxygen atoms in total. The van der Waals surface area contributed by atoms with Gasteiger partial charge in [0.15, 0.2) is 5.96 Å². The van der Waals surface area contributed by atoms with Gasteiger partial charge in [0.2, 0.25) is 0 Å². The van der Waals surface area contributed by atoms with Crippen molar-refractivity contribution in [3.8, 4) is 0 Å². The predicted molar refractivity (Wildman–Crippen MR) is 80.2 cm³/mol. The van der Waals surface area contributed by atoms with Crippen LogP contribution in [0.15, 0.2) is 4.99 Å². The summed E-state index contributed by atoms with van der Waals surface area (Å²) >= 11 is 0. The third-order valence-electron chi connectivity index (χ3n) is 4.34. The summed E-state index contributed by atoms with van der Waals surface area (Å²) in [6, 6.07) is 0. The van der Waals surface area contributed by atoms with Gasteiger partial charge in [-0.1, -0.05) is 0 Å². The van der Waals surface area contributed by atoms with Gasteiger partial charge >= 0.3 is 0 Å². The predicted octanol–water partition coefficient (Wildman–Crippen LogP) is 0.0511. The van der Waals surface area contributed by atoms with Crippen LogP contribution in [0.2, 0.25) is 0 Å². The van der Waals surface area contributed by atoms with Crippen molar-refractivity contribution >= 4 is 5.96 Å². The second-order valence-corrected chi connectivity index (χ2v) is 5.49. The molecule has 0 atom stereocenters. The average Bonchev–Trinajstić information content (AvgIpc) is 2.46. The third kappa shape index (κ3) is 3.42. The molecule has 0 radical (unpaired) electrons. The van der Waals surface area contributed by atoms with Gasteiger partial charge in [-0.15, -0.1) is 0 Å². The highest BCUT2D eigenvalue weighted by Gasteiger charge is 2.49. The van der Waals surface area contributed by atoms with Gasteiger partial charge in [0.25, 0.3) is 0 Å². The van der Waals surface area contributed by atoms with Crippen LogP contribution in [0.4, 0.5) is 0 Å². The van der Waals surface area contributed by atoms with Crippen LogP contribution in [0.25, 0.3) is 0 Å². The summed E-state index contributed by atoms with van der Waals surface area (Å²) in [6.07, 6.45) is 2.59. The molecule has 0 spiro atoms. The largest absolute Gasteiger partial charge is 0.379 e. The van der Waals surface area contributed by atoms with Crippen LogP contribution in [-0.2, 0) is 9.47 Å². The molecule has 0 unspecified atom stereocenters. The summed E-state index contributed by atoms with van der Waals surface area (Å²) < 4.78 is 11.2. The van der Waals surface area contributed by atoms with Crippen LogP contribution in [0, 0.1) is 0 Å². The first kappa shape index (κ1) is 15.5. The van der Waals surface area contributed by atoms with Crippen molar-refractivity contribution in [3.63, 3.8) is 0 Å². The Morgan fingerprint density at radius 2 is 2.10 bits per heavy atom. The number of aliphatic imine (C=N–C) groups is 1. The summed E-state index contributed by atoms with van der Waals surface area (Å²) in [5.74, 6) is 0.845. The lowest BCUT2D eigenvalue weighted by Gasteiger charge is -2.55. The normalized spacial score (nSPS) is 31.8. The zero-order valence-corrected chi connectivity index (χ0v) is 12.9. The summed E-state index contributed by atoms with van der Waals surface area (Å²) in [6.45, 7) is 7.47. The van der Waals surface area contributed by atoms with Gasteiger partial charge in [-0.3, -0.25) is 9.89 Å². The number of hydrogen-bond acceptors (Lipinski definition) is 4. The molecule has 0 aromatic rings. The Balaban J connectivity index is 1.94. The van der Waals surface area contributed by atoms with E-state index in [1.165, 1.54) is 0 Å². The molecule has 2 fully saturated rings. The molecule has 2 N–H and O–H groups in total. The Kier molecular flexibility index (Phi) is 5.63. The van der Waals surface area contributed by atoms with E-state index in [-0.39, 0.29) is 5.54 Å².